The second-order valence-corrected chi connectivity index (χ2v) is 7.29. The van der Waals surface area contributed by atoms with E-state index in [1.807, 2.05) is 45.0 Å². The standard InChI is InChI=1S/C23H30N2O4/c1-15-9-16(2)23(17(3)10-15)24-21(26)14-25(4)22(27)8-7-18-11-19(28-5)13-20(12-18)29-6/h9-13H,7-8,14H2,1-6H3,(H,24,26). The van der Waals surface area contributed by atoms with Crippen LogP contribution in [0.25, 0.3) is 0 Å². The Morgan fingerprint density at radius 2 is 1.48 bits per heavy atom. The minimum atomic E-state index is -0.209. The summed E-state index contributed by atoms with van der Waals surface area (Å²) in [6.07, 6.45) is 0.831. The van der Waals surface area contributed by atoms with Crippen LogP contribution in [0.4, 0.5) is 5.69 Å². The van der Waals surface area contributed by atoms with Crippen molar-refractivity contribution in [3.63, 3.8) is 0 Å². The molecule has 0 atom stereocenters. The highest BCUT2D eigenvalue weighted by molar-refractivity contribution is 5.95. The van der Waals surface area contributed by atoms with Gasteiger partial charge < -0.3 is 19.7 Å². The Balaban J connectivity index is 1.93. The quantitative estimate of drug-likeness (QED) is 0.737. The topological polar surface area (TPSA) is 67.9 Å². The van der Waals surface area contributed by atoms with Crippen LogP contribution in [-0.4, -0.2) is 44.5 Å². The zero-order chi connectivity index (χ0) is 21.6. The highest BCUT2D eigenvalue weighted by atomic mass is 16.5. The van der Waals surface area contributed by atoms with Gasteiger partial charge in [-0.3, -0.25) is 9.59 Å². The van der Waals surface area contributed by atoms with Crippen molar-refractivity contribution in [2.45, 2.75) is 33.6 Å². The summed E-state index contributed by atoms with van der Waals surface area (Å²) >= 11 is 0. The molecule has 0 spiro atoms. The molecule has 2 aromatic rings. The van der Waals surface area contributed by atoms with Crippen molar-refractivity contribution in [3.8, 4) is 11.5 Å². The Kier molecular flexibility index (Phi) is 7.65. The van der Waals surface area contributed by atoms with Gasteiger partial charge in [0.2, 0.25) is 11.8 Å². The predicted octanol–water partition coefficient (Wildman–Crippen LogP) is 3.66. The molecule has 0 radical (unpaired) electrons. The summed E-state index contributed by atoms with van der Waals surface area (Å²) < 4.78 is 10.5. The Morgan fingerprint density at radius 1 is 0.931 bits per heavy atom. The first kappa shape index (κ1) is 22.3. The lowest BCUT2D eigenvalue weighted by molar-refractivity contribution is -0.133. The molecule has 0 bridgehead atoms. The molecule has 0 saturated carbocycles. The summed E-state index contributed by atoms with van der Waals surface area (Å²) in [6, 6.07) is 9.60. The van der Waals surface area contributed by atoms with E-state index in [1.165, 1.54) is 4.90 Å². The summed E-state index contributed by atoms with van der Waals surface area (Å²) in [4.78, 5) is 26.3. The molecule has 156 valence electrons. The van der Waals surface area contributed by atoms with E-state index in [1.54, 1.807) is 27.3 Å². The average molecular weight is 399 g/mol. The van der Waals surface area contributed by atoms with Gasteiger partial charge in [-0.15, -0.1) is 0 Å². The van der Waals surface area contributed by atoms with Gasteiger partial charge in [-0.25, -0.2) is 0 Å². The Morgan fingerprint density at radius 3 is 2.00 bits per heavy atom. The molecule has 0 aliphatic rings. The summed E-state index contributed by atoms with van der Waals surface area (Å²) in [5.41, 5.74) is 4.93. The average Bonchev–Trinajstić information content (AvgIpc) is 2.68. The van der Waals surface area contributed by atoms with Gasteiger partial charge in [0.15, 0.2) is 0 Å². The molecule has 6 nitrogen and oxygen atoms in total. The molecule has 0 aromatic heterocycles. The summed E-state index contributed by atoms with van der Waals surface area (Å²) in [5, 5.41) is 2.93. The van der Waals surface area contributed by atoms with Crippen molar-refractivity contribution in [1.29, 1.82) is 0 Å². The highest BCUT2D eigenvalue weighted by Gasteiger charge is 2.15. The van der Waals surface area contributed by atoms with Gasteiger partial charge in [-0.05, 0) is 56.0 Å². The van der Waals surface area contributed by atoms with E-state index in [4.69, 9.17) is 9.47 Å². The van der Waals surface area contributed by atoms with E-state index in [-0.39, 0.29) is 18.4 Å². The Hall–Kier alpha value is -3.02. The summed E-state index contributed by atoms with van der Waals surface area (Å²) in [5.74, 6) is 1.06. The van der Waals surface area contributed by atoms with Crippen molar-refractivity contribution in [1.82, 2.24) is 4.90 Å². The maximum absolute atomic E-state index is 12.5. The molecule has 29 heavy (non-hydrogen) atoms. The third-order valence-corrected chi connectivity index (χ3v) is 4.79. The summed E-state index contributed by atoms with van der Waals surface area (Å²) in [7, 11) is 4.82. The first-order valence-electron chi connectivity index (χ1n) is 9.57. The van der Waals surface area contributed by atoms with Gasteiger partial charge >= 0.3 is 0 Å². The first-order valence-corrected chi connectivity index (χ1v) is 9.57. The Bertz CT molecular complexity index is 847. The molecule has 2 aromatic carbocycles. The van der Waals surface area contributed by atoms with Gasteiger partial charge in [0.25, 0.3) is 0 Å². The number of likely N-dealkylation sites (N-methyl/N-ethyl adjacent to an activating group) is 1. The number of benzene rings is 2. The lowest BCUT2D eigenvalue weighted by Crippen LogP contribution is -2.35. The largest absolute Gasteiger partial charge is 0.497 e. The molecule has 0 saturated heterocycles. The molecule has 0 unspecified atom stereocenters. The number of methoxy groups -OCH3 is 2. The van der Waals surface area contributed by atoms with Crippen LogP contribution in [0.2, 0.25) is 0 Å². The van der Waals surface area contributed by atoms with Crippen molar-refractivity contribution in [3.05, 3.63) is 52.6 Å². The molecule has 0 aliphatic carbocycles. The van der Waals surface area contributed by atoms with Crippen LogP contribution in [0.3, 0.4) is 0 Å². The predicted molar refractivity (Wildman–Crippen MR) is 115 cm³/mol. The molecule has 2 rings (SSSR count). The second-order valence-electron chi connectivity index (χ2n) is 7.29. The third-order valence-electron chi connectivity index (χ3n) is 4.79. The number of hydrogen-bond donors (Lipinski definition) is 1. The fourth-order valence-electron chi connectivity index (χ4n) is 3.31. The lowest BCUT2D eigenvalue weighted by atomic mass is 10.1. The summed E-state index contributed by atoms with van der Waals surface area (Å²) in [6.45, 7) is 5.96. The number of rotatable bonds is 8. The van der Waals surface area contributed by atoms with Crippen LogP contribution in [0.1, 0.15) is 28.7 Å². The van der Waals surface area contributed by atoms with Crippen LogP contribution in [0.15, 0.2) is 30.3 Å². The van der Waals surface area contributed by atoms with Gasteiger partial charge in [-0.1, -0.05) is 17.7 Å². The Labute approximate surface area is 172 Å². The number of carbonyl (C=O) groups is 2. The number of hydrogen-bond acceptors (Lipinski definition) is 4. The molecule has 0 heterocycles. The number of carbonyl (C=O) groups excluding carboxylic acids is 2. The number of aryl methyl sites for hydroxylation is 4. The van der Waals surface area contributed by atoms with Gasteiger partial charge in [-0.2, -0.15) is 0 Å². The first-order chi connectivity index (χ1) is 13.7. The zero-order valence-electron chi connectivity index (χ0n) is 18.1. The molecule has 0 fully saturated rings. The maximum Gasteiger partial charge on any atom is 0.243 e. The SMILES string of the molecule is COc1cc(CCC(=O)N(C)CC(=O)Nc2c(C)cc(C)cc2C)cc(OC)c1. The van der Waals surface area contributed by atoms with Gasteiger partial charge in [0.05, 0.1) is 20.8 Å². The van der Waals surface area contributed by atoms with Crippen LogP contribution in [0.5, 0.6) is 11.5 Å². The number of nitrogens with one attached hydrogen (secondary N) is 1. The number of anilines is 1. The lowest BCUT2D eigenvalue weighted by Gasteiger charge is -2.18. The van der Waals surface area contributed by atoms with Crippen molar-refractivity contribution in [2.75, 3.05) is 33.1 Å². The van der Waals surface area contributed by atoms with Gasteiger partial charge in [0.1, 0.15) is 11.5 Å². The number of amides is 2. The van der Waals surface area contributed by atoms with Crippen LogP contribution >= 0.6 is 0 Å². The van der Waals surface area contributed by atoms with E-state index >= 15 is 0 Å². The maximum atomic E-state index is 12.5. The minimum Gasteiger partial charge on any atom is -0.497 e. The third kappa shape index (κ3) is 6.24. The van der Waals surface area contributed by atoms with E-state index in [2.05, 4.69) is 5.32 Å². The smallest absolute Gasteiger partial charge is 0.243 e. The van der Waals surface area contributed by atoms with E-state index in [0.717, 1.165) is 27.9 Å². The van der Waals surface area contributed by atoms with Crippen LogP contribution in [-0.2, 0) is 16.0 Å². The minimum absolute atomic E-state index is 0.00697. The van der Waals surface area contributed by atoms with Crippen LogP contribution < -0.4 is 14.8 Å². The number of nitrogens with zero attached hydrogens (tertiary/aromatic N) is 1. The van der Waals surface area contributed by atoms with Crippen LogP contribution in [0, 0.1) is 20.8 Å². The monoisotopic (exact) mass is 398 g/mol. The molecule has 2 amide bonds. The van der Waals surface area contributed by atoms with Gasteiger partial charge in [0, 0.05) is 25.2 Å². The van der Waals surface area contributed by atoms with E-state index in [0.29, 0.717) is 24.3 Å². The van der Waals surface area contributed by atoms with E-state index < -0.39 is 0 Å². The molecule has 1 N–H and O–H groups in total. The number of ether oxygens (including phenoxy) is 2. The molecular formula is C23H30N2O4. The fraction of sp³-hybridized carbons (Fsp3) is 0.391. The normalized spacial score (nSPS) is 10.4. The second kappa shape index (κ2) is 9.96. The van der Waals surface area contributed by atoms with Crippen molar-refractivity contribution < 1.29 is 19.1 Å². The molecule has 0 aliphatic heterocycles. The zero-order valence-corrected chi connectivity index (χ0v) is 18.1. The molecule has 6 heteroatoms. The molecular weight excluding hydrogens is 368 g/mol. The fourth-order valence-corrected chi connectivity index (χ4v) is 3.31. The van der Waals surface area contributed by atoms with Crippen molar-refractivity contribution >= 4 is 17.5 Å². The highest BCUT2D eigenvalue weighted by Crippen LogP contribution is 2.24. The van der Waals surface area contributed by atoms with E-state index in [9.17, 15) is 9.59 Å². The van der Waals surface area contributed by atoms with Crippen molar-refractivity contribution in [2.24, 2.45) is 0 Å².